The molecular formula is C17H18BrNO4. The van der Waals surface area contributed by atoms with Crippen molar-refractivity contribution in [3.8, 4) is 11.5 Å². The van der Waals surface area contributed by atoms with E-state index in [-0.39, 0.29) is 17.2 Å². The molecule has 0 spiro atoms. The van der Waals surface area contributed by atoms with Gasteiger partial charge < -0.3 is 19.9 Å². The first-order chi connectivity index (χ1) is 11.1. The van der Waals surface area contributed by atoms with E-state index in [0.717, 1.165) is 10.0 Å². The summed E-state index contributed by atoms with van der Waals surface area (Å²) in [5.74, 6) is 0.0334. The van der Waals surface area contributed by atoms with Gasteiger partial charge in [-0.1, -0.05) is 28.1 Å². The topological polar surface area (TPSA) is 67.8 Å². The first kappa shape index (κ1) is 17.3. The van der Waals surface area contributed by atoms with Crippen molar-refractivity contribution >= 4 is 21.8 Å². The van der Waals surface area contributed by atoms with Gasteiger partial charge in [0.1, 0.15) is 18.1 Å². The van der Waals surface area contributed by atoms with Crippen LogP contribution in [-0.2, 0) is 11.3 Å². The molecule has 2 aromatic carbocycles. The molecule has 0 heterocycles. The highest BCUT2D eigenvalue weighted by Gasteiger charge is 2.12. The summed E-state index contributed by atoms with van der Waals surface area (Å²) >= 11 is 3.36. The fraction of sp³-hybridized carbons (Fsp3) is 0.235. The lowest BCUT2D eigenvalue weighted by Crippen LogP contribution is -2.22. The van der Waals surface area contributed by atoms with E-state index in [9.17, 15) is 9.90 Å². The van der Waals surface area contributed by atoms with Gasteiger partial charge in [0.05, 0.1) is 12.2 Å². The Bertz CT molecular complexity index is 658. The van der Waals surface area contributed by atoms with Gasteiger partial charge in [0, 0.05) is 24.2 Å². The zero-order valence-corrected chi connectivity index (χ0v) is 14.3. The van der Waals surface area contributed by atoms with Gasteiger partial charge in [0.25, 0.3) is 5.91 Å². The Labute approximate surface area is 143 Å². The molecule has 122 valence electrons. The van der Waals surface area contributed by atoms with Crippen molar-refractivity contribution in [1.29, 1.82) is 0 Å². The zero-order valence-electron chi connectivity index (χ0n) is 12.7. The molecule has 0 aromatic heterocycles. The molecule has 0 atom stereocenters. The summed E-state index contributed by atoms with van der Waals surface area (Å²) in [6.07, 6.45) is 0. The van der Waals surface area contributed by atoms with E-state index in [2.05, 4.69) is 21.2 Å². The number of aromatic hydroxyl groups is 1. The molecule has 6 heteroatoms. The summed E-state index contributed by atoms with van der Waals surface area (Å²) in [6.45, 7) is 1.22. The maximum atomic E-state index is 12.1. The molecule has 0 aliphatic rings. The van der Waals surface area contributed by atoms with Crippen LogP contribution in [0.2, 0.25) is 0 Å². The molecule has 2 N–H and O–H groups in total. The second kappa shape index (κ2) is 8.55. The highest BCUT2D eigenvalue weighted by Crippen LogP contribution is 2.23. The highest BCUT2D eigenvalue weighted by molar-refractivity contribution is 9.10. The van der Waals surface area contributed by atoms with E-state index in [1.54, 1.807) is 13.2 Å². The number of hydrogen-bond donors (Lipinski definition) is 2. The summed E-state index contributed by atoms with van der Waals surface area (Å²) in [5, 5.41) is 12.7. The number of methoxy groups -OCH3 is 1. The van der Waals surface area contributed by atoms with Gasteiger partial charge in [-0.3, -0.25) is 4.79 Å². The van der Waals surface area contributed by atoms with E-state index in [1.807, 2.05) is 24.3 Å². The second-order valence-corrected chi connectivity index (χ2v) is 5.75. The molecule has 0 aliphatic carbocycles. The van der Waals surface area contributed by atoms with Crippen molar-refractivity contribution < 1.29 is 19.4 Å². The third kappa shape index (κ3) is 5.26. The predicted molar refractivity (Wildman–Crippen MR) is 90.8 cm³/mol. The van der Waals surface area contributed by atoms with Gasteiger partial charge >= 0.3 is 0 Å². The number of hydrogen-bond acceptors (Lipinski definition) is 4. The van der Waals surface area contributed by atoms with Crippen molar-refractivity contribution in [3.05, 3.63) is 58.1 Å². The molecule has 0 radical (unpaired) electrons. The van der Waals surface area contributed by atoms with Crippen LogP contribution in [0.15, 0.2) is 46.9 Å². The fourth-order valence-corrected chi connectivity index (χ4v) is 2.18. The minimum atomic E-state index is -0.339. The minimum absolute atomic E-state index is 0.117. The molecule has 2 rings (SSSR count). The van der Waals surface area contributed by atoms with Gasteiger partial charge in [0.15, 0.2) is 0 Å². The van der Waals surface area contributed by atoms with Crippen LogP contribution in [-0.4, -0.2) is 31.3 Å². The number of phenols is 1. The number of ether oxygens (including phenoxy) is 2. The molecule has 0 saturated carbocycles. The highest BCUT2D eigenvalue weighted by atomic mass is 79.9. The van der Waals surface area contributed by atoms with E-state index < -0.39 is 0 Å². The molecule has 23 heavy (non-hydrogen) atoms. The lowest BCUT2D eigenvalue weighted by Gasteiger charge is -2.10. The molecule has 0 bridgehead atoms. The summed E-state index contributed by atoms with van der Waals surface area (Å²) < 4.78 is 11.2. The standard InChI is InChI=1S/C17H18BrNO4/c1-22-8-9-23-14-6-7-15(16(20)10-14)17(21)19-11-12-2-4-13(18)5-3-12/h2-7,10,20H,8-9,11H2,1H3,(H,19,21). The van der Waals surface area contributed by atoms with Crippen LogP contribution in [0.1, 0.15) is 15.9 Å². The Kier molecular flexibility index (Phi) is 6.43. The van der Waals surface area contributed by atoms with Crippen molar-refractivity contribution in [3.63, 3.8) is 0 Å². The minimum Gasteiger partial charge on any atom is -0.507 e. The molecule has 5 nitrogen and oxygen atoms in total. The second-order valence-electron chi connectivity index (χ2n) is 4.83. The van der Waals surface area contributed by atoms with Crippen LogP contribution in [0.5, 0.6) is 11.5 Å². The third-order valence-corrected chi connectivity index (χ3v) is 3.67. The van der Waals surface area contributed by atoms with Gasteiger partial charge in [-0.2, -0.15) is 0 Å². The molecular weight excluding hydrogens is 362 g/mol. The number of rotatable bonds is 7. The summed E-state index contributed by atoms with van der Waals surface area (Å²) in [5.41, 5.74) is 1.18. The molecule has 2 aromatic rings. The smallest absolute Gasteiger partial charge is 0.255 e. The van der Waals surface area contributed by atoms with Crippen molar-refractivity contribution in [2.24, 2.45) is 0 Å². The first-order valence-corrected chi connectivity index (χ1v) is 7.87. The Hall–Kier alpha value is -2.05. The van der Waals surface area contributed by atoms with Gasteiger partial charge in [-0.05, 0) is 29.8 Å². The molecule has 0 fully saturated rings. The molecule has 0 aliphatic heterocycles. The Morgan fingerprint density at radius 1 is 1.17 bits per heavy atom. The van der Waals surface area contributed by atoms with Gasteiger partial charge in [-0.15, -0.1) is 0 Å². The third-order valence-electron chi connectivity index (χ3n) is 3.14. The van der Waals surface area contributed by atoms with Crippen LogP contribution in [0.25, 0.3) is 0 Å². The van der Waals surface area contributed by atoms with Crippen LogP contribution in [0.3, 0.4) is 0 Å². The number of phenolic OH excluding ortho intramolecular Hbond substituents is 1. The monoisotopic (exact) mass is 379 g/mol. The van der Waals surface area contributed by atoms with Crippen LogP contribution in [0.4, 0.5) is 0 Å². The van der Waals surface area contributed by atoms with E-state index in [4.69, 9.17) is 9.47 Å². The number of amides is 1. The van der Waals surface area contributed by atoms with Crippen molar-refractivity contribution in [2.75, 3.05) is 20.3 Å². The number of nitrogens with one attached hydrogen (secondary N) is 1. The van der Waals surface area contributed by atoms with Crippen LogP contribution < -0.4 is 10.1 Å². The molecule has 0 saturated heterocycles. The summed E-state index contributed by atoms with van der Waals surface area (Å²) in [7, 11) is 1.58. The Morgan fingerprint density at radius 2 is 1.91 bits per heavy atom. The predicted octanol–water partition coefficient (Wildman–Crippen LogP) is 3.11. The summed E-state index contributed by atoms with van der Waals surface area (Å²) in [4.78, 5) is 12.1. The summed E-state index contributed by atoms with van der Waals surface area (Å²) in [6, 6.07) is 12.2. The number of carbonyl (C=O) groups excluding carboxylic acids is 1. The normalized spacial score (nSPS) is 10.3. The lowest BCUT2D eigenvalue weighted by molar-refractivity contribution is 0.0948. The zero-order chi connectivity index (χ0) is 16.7. The van der Waals surface area contributed by atoms with Crippen molar-refractivity contribution in [2.45, 2.75) is 6.54 Å². The average molecular weight is 380 g/mol. The molecule has 1 amide bonds. The van der Waals surface area contributed by atoms with Crippen molar-refractivity contribution in [1.82, 2.24) is 5.32 Å². The number of halogens is 1. The largest absolute Gasteiger partial charge is 0.507 e. The van der Waals surface area contributed by atoms with Crippen LogP contribution in [0, 0.1) is 0 Å². The maximum absolute atomic E-state index is 12.1. The van der Waals surface area contributed by atoms with E-state index >= 15 is 0 Å². The fourth-order valence-electron chi connectivity index (χ4n) is 1.92. The quantitative estimate of drug-likeness (QED) is 0.725. The van der Waals surface area contributed by atoms with E-state index in [1.165, 1.54) is 12.1 Å². The average Bonchev–Trinajstić information content (AvgIpc) is 2.54. The lowest BCUT2D eigenvalue weighted by atomic mass is 10.1. The van der Waals surface area contributed by atoms with E-state index in [0.29, 0.717) is 25.5 Å². The van der Waals surface area contributed by atoms with Gasteiger partial charge in [0.2, 0.25) is 0 Å². The SMILES string of the molecule is COCCOc1ccc(C(=O)NCc2ccc(Br)cc2)c(O)c1. The first-order valence-electron chi connectivity index (χ1n) is 7.07. The van der Waals surface area contributed by atoms with Crippen LogP contribution >= 0.6 is 15.9 Å². The van der Waals surface area contributed by atoms with Gasteiger partial charge in [-0.25, -0.2) is 0 Å². The molecule has 0 unspecified atom stereocenters. The number of carbonyl (C=O) groups is 1. The Morgan fingerprint density at radius 3 is 2.57 bits per heavy atom. The maximum Gasteiger partial charge on any atom is 0.255 e. The Balaban J connectivity index is 1.94. The number of benzene rings is 2.